The summed E-state index contributed by atoms with van der Waals surface area (Å²) in [6, 6.07) is 17.9. The van der Waals surface area contributed by atoms with Gasteiger partial charge in [0.1, 0.15) is 0 Å². The molecule has 0 saturated carbocycles. The maximum Gasteiger partial charge on any atom is 0.159 e. The lowest BCUT2D eigenvalue weighted by atomic mass is 10.1. The molecule has 116 valence electrons. The molecule has 1 aromatic heterocycles. The second-order valence-corrected chi connectivity index (χ2v) is 5.43. The summed E-state index contributed by atoms with van der Waals surface area (Å²) >= 11 is 0. The van der Waals surface area contributed by atoms with Gasteiger partial charge in [0.05, 0.1) is 6.61 Å². The second-order valence-electron chi connectivity index (χ2n) is 5.43. The molecule has 0 saturated heterocycles. The molecule has 3 rings (SSSR count). The van der Waals surface area contributed by atoms with Crippen LogP contribution in [0.1, 0.15) is 16.8 Å². The van der Waals surface area contributed by atoms with Crippen LogP contribution in [0.25, 0.3) is 11.4 Å². The summed E-state index contributed by atoms with van der Waals surface area (Å²) in [6.07, 6.45) is 1.78. The van der Waals surface area contributed by atoms with E-state index in [1.807, 2.05) is 61.5 Å². The summed E-state index contributed by atoms with van der Waals surface area (Å²) in [7, 11) is 0. The van der Waals surface area contributed by atoms with Gasteiger partial charge in [-0.1, -0.05) is 24.3 Å². The average molecular weight is 305 g/mol. The fraction of sp³-hybridized carbons (Fsp3) is 0.158. The fourth-order valence-electron chi connectivity index (χ4n) is 2.29. The highest BCUT2D eigenvalue weighted by Crippen LogP contribution is 2.18. The maximum absolute atomic E-state index is 9.05. The number of rotatable bonds is 5. The van der Waals surface area contributed by atoms with Crippen LogP contribution in [0.5, 0.6) is 0 Å². The standard InChI is InChI=1S/C19H19N3O/c1-14-10-11-20-19(22-14)17-6-8-18(9-7-17)21-12-15-2-4-16(13-23)5-3-15/h2-11,21,23H,12-13H2,1H3. The number of aliphatic hydroxyl groups excluding tert-OH is 1. The Morgan fingerprint density at radius 1 is 0.913 bits per heavy atom. The first-order valence-electron chi connectivity index (χ1n) is 7.57. The Morgan fingerprint density at radius 2 is 1.61 bits per heavy atom. The molecule has 0 unspecified atom stereocenters. The van der Waals surface area contributed by atoms with Crippen molar-refractivity contribution in [2.45, 2.75) is 20.1 Å². The fourth-order valence-corrected chi connectivity index (χ4v) is 2.29. The van der Waals surface area contributed by atoms with Crippen LogP contribution in [0.3, 0.4) is 0 Å². The van der Waals surface area contributed by atoms with Crippen LogP contribution in [0, 0.1) is 6.92 Å². The van der Waals surface area contributed by atoms with Crippen LogP contribution < -0.4 is 5.32 Å². The van der Waals surface area contributed by atoms with Gasteiger partial charge in [0.25, 0.3) is 0 Å². The van der Waals surface area contributed by atoms with E-state index in [2.05, 4.69) is 15.3 Å². The predicted molar refractivity (Wildman–Crippen MR) is 91.9 cm³/mol. The van der Waals surface area contributed by atoms with E-state index < -0.39 is 0 Å². The van der Waals surface area contributed by atoms with Gasteiger partial charge in [0.15, 0.2) is 5.82 Å². The van der Waals surface area contributed by atoms with Crippen LogP contribution >= 0.6 is 0 Å². The zero-order chi connectivity index (χ0) is 16.1. The Labute approximate surface area is 135 Å². The van der Waals surface area contributed by atoms with E-state index in [-0.39, 0.29) is 6.61 Å². The first kappa shape index (κ1) is 15.2. The van der Waals surface area contributed by atoms with Crippen LogP contribution in [0.15, 0.2) is 60.8 Å². The lowest BCUT2D eigenvalue weighted by Crippen LogP contribution is -1.99. The number of anilines is 1. The first-order valence-corrected chi connectivity index (χ1v) is 7.57. The summed E-state index contributed by atoms with van der Waals surface area (Å²) in [4.78, 5) is 8.73. The Kier molecular flexibility index (Phi) is 4.64. The van der Waals surface area contributed by atoms with Gasteiger partial charge >= 0.3 is 0 Å². The van der Waals surface area contributed by atoms with Gasteiger partial charge in [-0.3, -0.25) is 0 Å². The van der Waals surface area contributed by atoms with Crippen LogP contribution in [-0.2, 0) is 13.2 Å². The van der Waals surface area contributed by atoms with Gasteiger partial charge in [0.2, 0.25) is 0 Å². The average Bonchev–Trinajstić information content (AvgIpc) is 2.61. The van der Waals surface area contributed by atoms with Crippen molar-refractivity contribution in [1.82, 2.24) is 9.97 Å². The third-order valence-corrected chi connectivity index (χ3v) is 3.64. The minimum absolute atomic E-state index is 0.0796. The van der Waals surface area contributed by atoms with E-state index in [9.17, 15) is 0 Å². The largest absolute Gasteiger partial charge is 0.392 e. The zero-order valence-electron chi connectivity index (χ0n) is 13.0. The zero-order valence-corrected chi connectivity index (χ0v) is 13.0. The number of benzene rings is 2. The lowest BCUT2D eigenvalue weighted by Gasteiger charge is -2.08. The SMILES string of the molecule is Cc1ccnc(-c2ccc(NCc3ccc(CO)cc3)cc2)n1. The van der Waals surface area contributed by atoms with Crippen molar-refractivity contribution >= 4 is 5.69 Å². The van der Waals surface area contributed by atoms with E-state index in [1.165, 1.54) is 5.56 Å². The Hall–Kier alpha value is -2.72. The minimum atomic E-state index is 0.0796. The molecule has 0 spiro atoms. The van der Waals surface area contributed by atoms with Crippen LogP contribution in [0.2, 0.25) is 0 Å². The number of nitrogens with one attached hydrogen (secondary N) is 1. The molecule has 1 heterocycles. The number of hydrogen-bond acceptors (Lipinski definition) is 4. The maximum atomic E-state index is 9.05. The van der Waals surface area contributed by atoms with Crippen LogP contribution in [-0.4, -0.2) is 15.1 Å². The van der Waals surface area contributed by atoms with Crippen molar-refractivity contribution in [3.63, 3.8) is 0 Å². The molecule has 4 heteroatoms. The van der Waals surface area contributed by atoms with Crippen molar-refractivity contribution in [1.29, 1.82) is 0 Å². The molecule has 0 fully saturated rings. The van der Waals surface area contributed by atoms with Crippen molar-refractivity contribution < 1.29 is 5.11 Å². The van der Waals surface area contributed by atoms with E-state index in [1.54, 1.807) is 6.20 Å². The number of aromatic nitrogens is 2. The first-order chi connectivity index (χ1) is 11.2. The van der Waals surface area contributed by atoms with Gasteiger partial charge in [-0.25, -0.2) is 9.97 Å². The molecule has 2 aromatic carbocycles. The molecule has 0 aliphatic carbocycles. The Morgan fingerprint density at radius 3 is 2.26 bits per heavy atom. The van der Waals surface area contributed by atoms with Crippen LogP contribution in [0.4, 0.5) is 5.69 Å². The Balaban J connectivity index is 1.65. The minimum Gasteiger partial charge on any atom is -0.392 e. The third-order valence-electron chi connectivity index (χ3n) is 3.64. The van der Waals surface area contributed by atoms with E-state index in [0.717, 1.165) is 34.9 Å². The van der Waals surface area contributed by atoms with Gasteiger partial charge in [-0.2, -0.15) is 0 Å². The molecular weight excluding hydrogens is 286 g/mol. The number of aryl methyl sites for hydroxylation is 1. The highest BCUT2D eigenvalue weighted by atomic mass is 16.3. The highest BCUT2D eigenvalue weighted by molar-refractivity contribution is 5.59. The lowest BCUT2D eigenvalue weighted by molar-refractivity contribution is 0.282. The quantitative estimate of drug-likeness (QED) is 0.757. The molecule has 0 aliphatic rings. The number of hydrogen-bond donors (Lipinski definition) is 2. The predicted octanol–water partition coefficient (Wildman–Crippen LogP) is 3.56. The summed E-state index contributed by atoms with van der Waals surface area (Å²) in [5.74, 6) is 0.746. The van der Waals surface area contributed by atoms with Gasteiger partial charge in [-0.05, 0) is 48.4 Å². The Bertz CT molecular complexity index is 767. The van der Waals surface area contributed by atoms with E-state index >= 15 is 0 Å². The molecule has 23 heavy (non-hydrogen) atoms. The number of aliphatic hydroxyl groups is 1. The monoisotopic (exact) mass is 305 g/mol. The van der Waals surface area contributed by atoms with Crippen molar-refractivity contribution in [2.75, 3.05) is 5.32 Å². The van der Waals surface area contributed by atoms with Gasteiger partial charge in [0, 0.05) is 29.7 Å². The molecule has 2 N–H and O–H groups in total. The molecule has 3 aromatic rings. The molecule has 0 bridgehead atoms. The summed E-state index contributed by atoms with van der Waals surface area (Å²) in [5, 5.41) is 12.4. The van der Waals surface area contributed by atoms with Crippen molar-refractivity contribution in [3.05, 3.63) is 77.6 Å². The number of nitrogens with zero attached hydrogens (tertiary/aromatic N) is 2. The molecule has 4 nitrogen and oxygen atoms in total. The smallest absolute Gasteiger partial charge is 0.159 e. The topological polar surface area (TPSA) is 58.0 Å². The third kappa shape index (κ3) is 3.93. The van der Waals surface area contributed by atoms with E-state index in [0.29, 0.717) is 0 Å². The normalized spacial score (nSPS) is 10.5. The second kappa shape index (κ2) is 7.03. The molecule has 0 radical (unpaired) electrons. The molecule has 0 aliphatic heterocycles. The van der Waals surface area contributed by atoms with Gasteiger partial charge in [-0.15, -0.1) is 0 Å². The summed E-state index contributed by atoms with van der Waals surface area (Å²) in [5.41, 5.74) is 5.12. The van der Waals surface area contributed by atoms with Crippen molar-refractivity contribution in [3.8, 4) is 11.4 Å². The molecule has 0 atom stereocenters. The van der Waals surface area contributed by atoms with Gasteiger partial charge < -0.3 is 10.4 Å². The summed E-state index contributed by atoms with van der Waals surface area (Å²) < 4.78 is 0. The summed E-state index contributed by atoms with van der Waals surface area (Å²) in [6.45, 7) is 2.78. The highest BCUT2D eigenvalue weighted by Gasteiger charge is 2.01. The molecule has 0 amide bonds. The van der Waals surface area contributed by atoms with Crippen molar-refractivity contribution in [2.24, 2.45) is 0 Å². The van der Waals surface area contributed by atoms with E-state index in [4.69, 9.17) is 5.11 Å². The molecular formula is C19H19N3O.